The van der Waals surface area contributed by atoms with Gasteiger partial charge >= 0.3 is 5.97 Å². The lowest BCUT2D eigenvalue weighted by molar-refractivity contribution is -0.116. The molecule has 0 spiro atoms. The number of esters is 1. The molecular formula is C14H20N2O3S. The summed E-state index contributed by atoms with van der Waals surface area (Å²) in [4.78, 5) is 25.0. The first-order valence-corrected chi connectivity index (χ1v) is 7.66. The molecule has 2 rings (SSSR count). The van der Waals surface area contributed by atoms with Gasteiger partial charge in [-0.15, -0.1) is 11.3 Å². The molecule has 0 unspecified atom stereocenters. The maximum absolute atomic E-state index is 12.0. The van der Waals surface area contributed by atoms with Gasteiger partial charge in [-0.3, -0.25) is 4.79 Å². The Kier molecular flexibility index (Phi) is 5.14. The molecule has 0 aromatic carbocycles. The molecule has 0 fully saturated rings. The number of carbonyl (C=O) groups excluding carboxylic acids is 2. The van der Waals surface area contributed by atoms with E-state index in [0.29, 0.717) is 23.5 Å². The molecule has 0 saturated heterocycles. The van der Waals surface area contributed by atoms with Gasteiger partial charge in [0.25, 0.3) is 0 Å². The number of aryl methyl sites for hydroxylation is 1. The SMILES string of the molecule is CNCCC(=O)Nc1sc2c(c1C(=O)OC)CCCC2. The van der Waals surface area contributed by atoms with Crippen molar-refractivity contribution in [3.8, 4) is 0 Å². The monoisotopic (exact) mass is 296 g/mol. The van der Waals surface area contributed by atoms with Crippen LogP contribution in [0.15, 0.2) is 0 Å². The van der Waals surface area contributed by atoms with Crippen molar-refractivity contribution in [3.05, 3.63) is 16.0 Å². The molecule has 1 aliphatic carbocycles. The highest BCUT2D eigenvalue weighted by atomic mass is 32.1. The normalized spacial score (nSPS) is 13.7. The zero-order valence-electron chi connectivity index (χ0n) is 11.9. The van der Waals surface area contributed by atoms with Gasteiger partial charge in [0.2, 0.25) is 5.91 Å². The molecule has 0 atom stereocenters. The number of anilines is 1. The molecule has 110 valence electrons. The highest BCUT2D eigenvalue weighted by molar-refractivity contribution is 7.17. The third-order valence-corrected chi connectivity index (χ3v) is 4.62. The number of thiophene rings is 1. The lowest BCUT2D eigenvalue weighted by atomic mass is 9.95. The lowest BCUT2D eigenvalue weighted by Gasteiger charge is -2.11. The average molecular weight is 296 g/mol. The fourth-order valence-electron chi connectivity index (χ4n) is 2.40. The number of amides is 1. The fourth-order valence-corrected chi connectivity index (χ4v) is 3.69. The van der Waals surface area contributed by atoms with E-state index in [0.717, 1.165) is 31.2 Å². The predicted molar refractivity (Wildman–Crippen MR) is 79.5 cm³/mol. The summed E-state index contributed by atoms with van der Waals surface area (Å²) in [7, 11) is 3.18. The van der Waals surface area contributed by atoms with Crippen LogP contribution in [-0.4, -0.2) is 32.6 Å². The molecule has 1 aromatic heterocycles. The van der Waals surface area contributed by atoms with Crippen molar-refractivity contribution in [2.45, 2.75) is 32.1 Å². The molecule has 20 heavy (non-hydrogen) atoms. The molecule has 0 aliphatic heterocycles. The minimum absolute atomic E-state index is 0.0805. The fraction of sp³-hybridized carbons (Fsp3) is 0.571. The van der Waals surface area contributed by atoms with Crippen LogP contribution in [0.4, 0.5) is 5.00 Å². The van der Waals surface area contributed by atoms with E-state index >= 15 is 0 Å². The smallest absolute Gasteiger partial charge is 0.341 e. The van der Waals surface area contributed by atoms with Crippen molar-refractivity contribution < 1.29 is 14.3 Å². The number of fused-ring (bicyclic) bond motifs is 1. The van der Waals surface area contributed by atoms with Crippen LogP contribution in [0.2, 0.25) is 0 Å². The van der Waals surface area contributed by atoms with Gasteiger partial charge in [-0.25, -0.2) is 4.79 Å². The van der Waals surface area contributed by atoms with Gasteiger partial charge in [0, 0.05) is 17.8 Å². The van der Waals surface area contributed by atoms with E-state index in [1.54, 1.807) is 7.05 Å². The van der Waals surface area contributed by atoms with Crippen molar-refractivity contribution in [2.24, 2.45) is 0 Å². The Morgan fingerprint density at radius 3 is 2.75 bits per heavy atom. The van der Waals surface area contributed by atoms with Crippen LogP contribution < -0.4 is 10.6 Å². The Labute approximate surface area is 122 Å². The lowest BCUT2D eigenvalue weighted by Crippen LogP contribution is -2.19. The van der Waals surface area contributed by atoms with Crippen LogP contribution >= 0.6 is 11.3 Å². The second-order valence-corrected chi connectivity index (χ2v) is 5.91. The molecule has 0 saturated carbocycles. The van der Waals surface area contributed by atoms with E-state index in [1.807, 2.05) is 0 Å². The van der Waals surface area contributed by atoms with E-state index in [2.05, 4.69) is 10.6 Å². The Bertz CT molecular complexity index is 511. The molecule has 0 radical (unpaired) electrons. The Hall–Kier alpha value is -1.40. The van der Waals surface area contributed by atoms with Gasteiger partial charge in [-0.1, -0.05) is 0 Å². The average Bonchev–Trinajstić information content (AvgIpc) is 2.82. The number of methoxy groups -OCH3 is 1. The Morgan fingerprint density at radius 1 is 1.30 bits per heavy atom. The van der Waals surface area contributed by atoms with Crippen LogP contribution in [0.1, 0.15) is 40.1 Å². The topological polar surface area (TPSA) is 67.4 Å². The zero-order chi connectivity index (χ0) is 14.5. The van der Waals surface area contributed by atoms with Crippen LogP contribution in [-0.2, 0) is 22.4 Å². The summed E-state index contributed by atoms with van der Waals surface area (Å²) in [5.74, 6) is -0.434. The molecule has 1 aromatic rings. The number of nitrogens with one attached hydrogen (secondary N) is 2. The molecule has 1 heterocycles. The standard InChI is InChI=1S/C14H20N2O3S/c1-15-8-7-11(17)16-13-12(14(18)19-2)9-5-3-4-6-10(9)20-13/h15H,3-8H2,1-2H3,(H,16,17). The number of rotatable bonds is 5. The largest absolute Gasteiger partial charge is 0.465 e. The predicted octanol–water partition coefficient (Wildman–Crippen LogP) is 1.96. The van der Waals surface area contributed by atoms with E-state index in [4.69, 9.17) is 4.74 Å². The van der Waals surface area contributed by atoms with Gasteiger partial charge in [0.05, 0.1) is 12.7 Å². The minimum Gasteiger partial charge on any atom is -0.465 e. The zero-order valence-corrected chi connectivity index (χ0v) is 12.7. The van der Waals surface area contributed by atoms with Crippen molar-refractivity contribution in [1.29, 1.82) is 0 Å². The van der Waals surface area contributed by atoms with Crippen molar-refractivity contribution >= 4 is 28.2 Å². The molecule has 1 amide bonds. The number of hydrogen-bond acceptors (Lipinski definition) is 5. The second-order valence-electron chi connectivity index (χ2n) is 4.81. The summed E-state index contributed by atoms with van der Waals surface area (Å²) in [6.45, 7) is 0.616. The molecule has 1 aliphatic rings. The van der Waals surface area contributed by atoms with Crippen molar-refractivity contribution in [2.75, 3.05) is 26.0 Å². The molecule has 2 N–H and O–H groups in total. The van der Waals surface area contributed by atoms with Crippen LogP contribution in [0.25, 0.3) is 0 Å². The van der Waals surface area contributed by atoms with Crippen LogP contribution in [0.3, 0.4) is 0 Å². The minimum atomic E-state index is -0.353. The third-order valence-electron chi connectivity index (χ3n) is 3.42. The molecule has 0 bridgehead atoms. The summed E-state index contributed by atoms with van der Waals surface area (Å²) in [5.41, 5.74) is 1.63. The van der Waals surface area contributed by atoms with E-state index in [-0.39, 0.29) is 11.9 Å². The molecule has 6 heteroatoms. The molecular weight excluding hydrogens is 276 g/mol. The highest BCUT2D eigenvalue weighted by Crippen LogP contribution is 2.38. The van der Waals surface area contributed by atoms with E-state index in [1.165, 1.54) is 23.3 Å². The Morgan fingerprint density at radius 2 is 2.05 bits per heavy atom. The van der Waals surface area contributed by atoms with Gasteiger partial charge in [-0.2, -0.15) is 0 Å². The maximum Gasteiger partial charge on any atom is 0.341 e. The van der Waals surface area contributed by atoms with Gasteiger partial charge in [-0.05, 0) is 38.3 Å². The van der Waals surface area contributed by atoms with Gasteiger partial charge in [0.1, 0.15) is 5.00 Å². The second kappa shape index (κ2) is 6.85. The summed E-state index contributed by atoms with van der Waals surface area (Å²) in [6.07, 6.45) is 4.49. The summed E-state index contributed by atoms with van der Waals surface area (Å²) in [6, 6.07) is 0. The first kappa shape index (κ1) is 15.0. The summed E-state index contributed by atoms with van der Waals surface area (Å²) >= 11 is 1.51. The number of ether oxygens (including phenoxy) is 1. The number of carbonyl (C=O) groups is 2. The Balaban J connectivity index is 2.25. The first-order valence-electron chi connectivity index (χ1n) is 6.84. The maximum atomic E-state index is 12.0. The summed E-state index contributed by atoms with van der Waals surface area (Å²) < 4.78 is 4.87. The third kappa shape index (κ3) is 3.19. The van der Waals surface area contributed by atoms with Crippen LogP contribution in [0.5, 0.6) is 0 Å². The van der Waals surface area contributed by atoms with E-state index < -0.39 is 0 Å². The highest BCUT2D eigenvalue weighted by Gasteiger charge is 2.26. The van der Waals surface area contributed by atoms with Gasteiger partial charge in [0.15, 0.2) is 0 Å². The van der Waals surface area contributed by atoms with Crippen molar-refractivity contribution in [3.63, 3.8) is 0 Å². The van der Waals surface area contributed by atoms with Crippen LogP contribution in [0, 0.1) is 0 Å². The van der Waals surface area contributed by atoms with Crippen molar-refractivity contribution in [1.82, 2.24) is 5.32 Å². The first-order chi connectivity index (χ1) is 9.67. The van der Waals surface area contributed by atoms with Gasteiger partial charge < -0.3 is 15.4 Å². The quantitative estimate of drug-likeness (QED) is 0.815. The summed E-state index contributed by atoms with van der Waals surface area (Å²) in [5, 5.41) is 6.43. The molecule has 5 nitrogen and oxygen atoms in total. The van der Waals surface area contributed by atoms with E-state index in [9.17, 15) is 9.59 Å². The number of hydrogen-bond donors (Lipinski definition) is 2.